The summed E-state index contributed by atoms with van der Waals surface area (Å²) in [4.78, 5) is 28.5. The van der Waals surface area contributed by atoms with Crippen LogP contribution in [0.1, 0.15) is 44.6 Å². The van der Waals surface area contributed by atoms with Crippen molar-refractivity contribution in [3.05, 3.63) is 29.8 Å². The normalized spacial score (nSPS) is 35.7. The fraction of sp³-hybridized carbons (Fsp3) is 0.619. The largest absolute Gasteiger partial charge is 0.490 e. The lowest BCUT2D eigenvalue weighted by Crippen LogP contribution is -2.69. The number of rotatable bonds is 1. The summed E-state index contributed by atoms with van der Waals surface area (Å²) in [5.74, 6) is -2.16. The second-order valence-electron chi connectivity index (χ2n) is 8.75. The highest BCUT2D eigenvalue weighted by Crippen LogP contribution is 2.62. The lowest BCUT2D eigenvalue weighted by molar-refractivity contribution is -0.229. The third-order valence-electron chi connectivity index (χ3n) is 7.49. The standard InChI is InChI=1S/C21H23F3N2O3/c1-13(27)26-15-6-3-2-5-14(15)20-10-12-25-11-4-8-19(17(20)25,9-7-16(20)26)29-18(28)21(22,23)24/h2-3,5-6,16-17H,4,7-12H2,1H3/t16-,17-,19+,20-/m1/s1. The molecule has 156 valence electrons. The Balaban J connectivity index is 1.66. The van der Waals surface area contributed by atoms with Gasteiger partial charge < -0.3 is 9.64 Å². The van der Waals surface area contributed by atoms with Crippen LogP contribution in [0.2, 0.25) is 0 Å². The van der Waals surface area contributed by atoms with Gasteiger partial charge in [-0.15, -0.1) is 0 Å². The highest BCUT2D eigenvalue weighted by Gasteiger charge is 2.70. The van der Waals surface area contributed by atoms with Gasteiger partial charge in [-0.2, -0.15) is 13.2 Å². The van der Waals surface area contributed by atoms with Crippen LogP contribution < -0.4 is 4.90 Å². The first kappa shape index (κ1) is 18.9. The third-order valence-corrected chi connectivity index (χ3v) is 7.49. The van der Waals surface area contributed by atoms with Gasteiger partial charge in [0, 0.05) is 24.1 Å². The first-order valence-corrected chi connectivity index (χ1v) is 10.1. The first-order valence-electron chi connectivity index (χ1n) is 10.1. The van der Waals surface area contributed by atoms with E-state index in [9.17, 15) is 22.8 Å². The SMILES string of the molecule is CC(=O)N1c2ccccc2[C@]23CCN4CCC[C@](OC(=O)C(F)(F)F)(CC[C@@H]12)[C@@H]43. The average Bonchev–Trinajstić information content (AvgIpc) is 3.19. The van der Waals surface area contributed by atoms with Crippen LogP contribution in [0.5, 0.6) is 0 Å². The van der Waals surface area contributed by atoms with Crippen LogP contribution in [-0.2, 0) is 19.7 Å². The molecule has 8 heteroatoms. The maximum Gasteiger partial charge on any atom is 0.490 e. The number of benzene rings is 1. The molecule has 4 atom stereocenters. The van der Waals surface area contributed by atoms with Crippen molar-refractivity contribution in [1.29, 1.82) is 0 Å². The Morgan fingerprint density at radius 3 is 2.62 bits per heavy atom. The fourth-order valence-electron chi connectivity index (χ4n) is 6.79. The number of carbonyl (C=O) groups is 2. The van der Waals surface area contributed by atoms with Gasteiger partial charge >= 0.3 is 12.1 Å². The van der Waals surface area contributed by atoms with Crippen LogP contribution in [0, 0.1) is 0 Å². The van der Waals surface area contributed by atoms with Crippen LogP contribution in [0.25, 0.3) is 0 Å². The van der Waals surface area contributed by atoms with Crippen molar-refractivity contribution in [3.8, 4) is 0 Å². The number of carbonyl (C=O) groups excluding carboxylic acids is 2. The average molecular weight is 408 g/mol. The molecule has 1 spiro atoms. The number of hydrogen-bond donors (Lipinski definition) is 0. The van der Waals surface area contributed by atoms with Crippen molar-refractivity contribution in [1.82, 2.24) is 4.90 Å². The van der Waals surface area contributed by atoms with E-state index >= 15 is 0 Å². The molecule has 2 saturated heterocycles. The van der Waals surface area contributed by atoms with Crippen molar-refractivity contribution in [2.24, 2.45) is 0 Å². The van der Waals surface area contributed by atoms with E-state index in [0.717, 1.165) is 30.8 Å². The number of piperidine rings is 1. The molecule has 0 unspecified atom stereocenters. The molecule has 1 aromatic rings. The molecule has 4 aliphatic rings. The smallest absolute Gasteiger partial charge is 0.451 e. The van der Waals surface area contributed by atoms with Gasteiger partial charge in [0.1, 0.15) is 5.60 Å². The summed E-state index contributed by atoms with van der Waals surface area (Å²) in [6, 6.07) is 7.23. The molecule has 1 amide bonds. The molecular weight excluding hydrogens is 385 g/mol. The zero-order chi connectivity index (χ0) is 20.6. The molecular formula is C21H23F3N2O3. The molecule has 1 aromatic carbocycles. The minimum absolute atomic E-state index is 0.0617. The minimum atomic E-state index is -5.02. The number of nitrogens with zero attached hydrogens (tertiary/aromatic N) is 2. The van der Waals surface area contributed by atoms with Crippen molar-refractivity contribution in [2.45, 2.75) is 68.3 Å². The maximum absolute atomic E-state index is 13.1. The summed E-state index contributed by atoms with van der Waals surface area (Å²) in [6.07, 6.45) is -2.30. The molecule has 1 saturated carbocycles. The predicted molar refractivity (Wildman–Crippen MR) is 98.4 cm³/mol. The molecule has 3 heterocycles. The summed E-state index contributed by atoms with van der Waals surface area (Å²) in [7, 11) is 0. The number of halogens is 3. The fourth-order valence-corrected chi connectivity index (χ4v) is 6.79. The molecule has 3 aliphatic heterocycles. The van der Waals surface area contributed by atoms with Crippen LogP contribution in [-0.4, -0.2) is 53.7 Å². The predicted octanol–water partition coefficient (Wildman–Crippen LogP) is 3.17. The topological polar surface area (TPSA) is 49.9 Å². The van der Waals surface area contributed by atoms with E-state index in [2.05, 4.69) is 4.90 Å². The monoisotopic (exact) mass is 408 g/mol. The number of anilines is 1. The summed E-state index contributed by atoms with van der Waals surface area (Å²) in [5, 5.41) is 0. The summed E-state index contributed by atoms with van der Waals surface area (Å²) >= 11 is 0. The highest BCUT2D eigenvalue weighted by molar-refractivity contribution is 5.96. The Bertz CT molecular complexity index is 888. The van der Waals surface area contributed by atoms with E-state index in [1.807, 2.05) is 29.2 Å². The van der Waals surface area contributed by atoms with E-state index in [-0.39, 0.29) is 18.0 Å². The van der Waals surface area contributed by atoms with Gasteiger partial charge in [0.15, 0.2) is 0 Å². The molecule has 0 radical (unpaired) electrons. The number of amides is 1. The Kier molecular flexibility index (Phi) is 3.89. The van der Waals surface area contributed by atoms with Crippen molar-refractivity contribution < 1.29 is 27.5 Å². The summed E-state index contributed by atoms with van der Waals surface area (Å²) < 4.78 is 44.6. The molecule has 0 aromatic heterocycles. The molecule has 29 heavy (non-hydrogen) atoms. The number of fused-ring (bicyclic) bond motifs is 1. The molecule has 5 rings (SSSR count). The van der Waals surface area contributed by atoms with Gasteiger partial charge in [0.25, 0.3) is 0 Å². The number of esters is 1. The Morgan fingerprint density at radius 2 is 1.90 bits per heavy atom. The number of alkyl halides is 3. The van der Waals surface area contributed by atoms with Crippen LogP contribution in [0.3, 0.4) is 0 Å². The van der Waals surface area contributed by atoms with E-state index in [1.54, 1.807) is 0 Å². The van der Waals surface area contributed by atoms with Crippen molar-refractivity contribution in [2.75, 3.05) is 18.0 Å². The Labute approximate surface area is 166 Å². The van der Waals surface area contributed by atoms with Crippen LogP contribution in [0.4, 0.5) is 18.9 Å². The Hall–Kier alpha value is -2.09. The molecule has 3 fully saturated rings. The van der Waals surface area contributed by atoms with Crippen molar-refractivity contribution in [3.63, 3.8) is 0 Å². The second-order valence-corrected chi connectivity index (χ2v) is 8.75. The summed E-state index contributed by atoms with van der Waals surface area (Å²) in [5.41, 5.74) is 0.169. The zero-order valence-electron chi connectivity index (χ0n) is 16.2. The van der Waals surface area contributed by atoms with Gasteiger partial charge in [-0.1, -0.05) is 18.2 Å². The van der Waals surface area contributed by atoms with E-state index in [4.69, 9.17) is 4.74 Å². The van der Waals surface area contributed by atoms with E-state index < -0.39 is 23.2 Å². The zero-order valence-corrected chi connectivity index (χ0v) is 16.2. The quantitative estimate of drug-likeness (QED) is 0.670. The number of hydrogen-bond acceptors (Lipinski definition) is 4. The van der Waals surface area contributed by atoms with Gasteiger partial charge in [-0.05, 0) is 56.8 Å². The lowest BCUT2D eigenvalue weighted by Gasteiger charge is -2.57. The van der Waals surface area contributed by atoms with Crippen LogP contribution in [0.15, 0.2) is 24.3 Å². The first-order chi connectivity index (χ1) is 13.7. The van der Waals surface area contributed by atoms with Gasteiger partial charge in [0.05, 0.1) is 6.04 Å². The second kappa shape index (κ2) is 5.97. The van der Waals surface area contributed by atoms with E-state index in [1.165, 1.54) is 6.92 Å². The highest BCUT2D eigenvalue weighted by atomic mass is 19.4. The van der Waals surface area contributed by atoms with Gasteiger partial charge in [0.2, 0.25) is 5.91 Å². The summed E-state index contributed by atoms with van der Waals surface area (Å²) in [6.45, 7) is 3.04. The van der Waals surface area contributed by atoms with Crippen LogP contribution >= 0.6 is 0 Å². The van der Waals surface area contributed by atoms with Crippen molar-refractivity contribution >= 4 is 17.6 Å². The number of ether oxygens (including phenoxy) is 1. The third kappa shape index (κ3) is 2.38. The minimum Gasteiger partial charge on any atom is -0.451 e. The molecule has 5 nitrogen and oxygen atoms in total. The van der Waals surface area contributed by atoms with E-state index in [0.29, 0.717) is 25.7 Å². The van der Waals surface area contributed by atoms with Gasteiger partial charge in [-0.3, -0.25) is 9.69 Å². The van der Waals surface area contributed by atoms with Gasteiger partial charge in [-0.25, -0.2) is 4.79 Å². The maximum atomic E-state index is 13.1. The number of para-hydroxylation sites is 1. The molecule has 1 aliphatic carbocycles. The lowest BCUT2D eigenvalue weighted by atomic mass is 9.57. The Morgan fingerprint density at radius 1 is 1.14 bits per heavy atom. The molecule has 0 N–H and O–H groups in total. The molecule has 0 bridgehead atoms.